The Balaban J connectivity index is 2.60. The molecule has 0 saturated heterocycles. The molecule has 4 nitrogen and oxygen atoms in total. The third-order valence-corrected chi connectivity index (χ3v) is 2.92. The second-order valence-electron chi connectivity index (χ2n) is 4.02. The van der Waals surface area contributed by atoms with Crippen molar-refractivity contribution in [2.45, 2.75) is 26.3 Å². The topological polar surface area (TPSA) is 64.3 Å². The molecule has 18 heavy (non-hydrogen) atoms. The number of halogens is 1. The van der Waals surface area contributed by atoms with Crippen LogP contribution in [-0.2, 0) is 4.79 Å². The van der Waals surface area contributed by atoms with Gasteiger partial charge < -0.3 is 15.8 Å². The van der Waals surface area contributed by atoms with Crippen molar-refractivity contribution >= 4 is 21.8 Å². The van der Waals surface area contributed by atoms with E-state index in [1.165, 1.54) is 0 Å². The first kappa shape index (κ1) is 15.0. The number of benzene rings is 1. The Kier molecular flexibility index (Phi) is 6.15. The zero-order chi connectivity index (χ0) is 13.5. The maximum absolute atomic E-state index is 11.3. The van der Waals surface area contributed by atoms with Gasteiger partial charge in [0.05, 0.1) is 13.0 Å². The van der Waals surface area contributed by atoms with E-state index in [1.807, 2.05) is 32.0 Å². The summed E-state index contributed by atoms with van der Waals surface area (Å²) >= 11 is 3.39. The molecule has 0 fully saturated rings. The van der Waals surface area contributed by atoms with Gasteiger partial charge in [0, 0.05) is 22.6 Å². The number of amides is 1. The molecular formula is C13H19BrN2O2. The van der Waals surface area contributed by atoms with Crippen molar-refractivity contribution in [3.63, 3.8) is 0 Å². The molecule has 0 heterocycles. The van der Waals surface area contributed by atoms with Gasteiger partial charge in [0.2, 0.25) is 5.91 Å². The van der Waals surface area contributed by atoms with Crippen LogP contribution >= 0.6 is 15.9 Å². The Labute approximate surface area is 116 Å². The van der Waals surface area contributed by atoms with E-state index in [9.17, 15) is 4.79 Å². The molecule has 1 amide bonds. The van der Waals surface area contributed by atoms with Gasteiger partial charge in [-0.05, 0) is 26.0 Å². The molecule has 0 spiro atoms. The van der Waals surface area contributed by atoms with Gasteiger partial charge in [-0.25, -0.2) is 0 Å². The largest absolute Gasteiger partial charge is 0.493 e. The Morgan fingerprint density at radius 3 is 2.89 bits per heavy atom. The molecule has 5 heteroatoms. The first-order chi connectivity index (χ1) is 8.54. The predicted octanol–water partition coefficient (Wildman–Crippen LogP) is 2.37. The molecule has 0 bridgehead atoms. The number of rotatable bonds is 6. The van der Waals surface area contributed by atoms with Crippen molar-refractivity contribution in [1.82, 2.24) is 5.32 Å². The fourth-order valence-corrected chi connectivity index (χ4v) is 1.89. The standard InChI is InChI=1S/C13H19BrN2O2/c1-3-16-13(17)6-7-18-12-8-10(14)4-5-11(12)9(2)15/h4-5,8-9H,3,6-7,15H2,1-2H3,(H,16,17)/t9-/m1/s1. The molecule has 3 N–H and O–H groups in total. The van der Waals surface area contributed by atoms with Gasteiger partial charge in [-0.3, -0.25) is 4.79 Å². The van der Waals surface area contributed by atoms with E-state index in [0.717, 1.165) is 15.8 Å². The molecule has 100 valence electrons. The summed E-state index contributed by atoms with van der Waals surface area (Å²) in [6, 6.07) is 5.62. The minimum Gasteiger partial charge on any atom is -0.493 e. The highest BCUT2D eigenvalue weighted by Gasteiger charge is 2.09. The van der Waals surface area contributed by atoms with Crippen LogP contribution in [0.2, 0.25) is 0 Å². The highest BCUT2D eigenvalue weighted by atomic mass is 79.9. The van der Waals surface area contributed by atoms with Gasteiger partial charge in [-0.1, -0.05) is 22.0 Å². The van der Waals surface area contributed by atoms with Crippen LogP contribution in [0.5, 0.6) is 5.75 Å². The molecule has 0 saturated carbocycles. The monoisotopic (exact) mass is 314 g/mol. The molecule has 0 aliphatic carbocycles. The SMILES string of the molecule is CCNC(=O)CCOc1cc(Br)ccc1[C@@H](C)N. The van der Waals surface area contributed by atoms with Gasteiger partial charge in [-0.2, -0.15) is 0 Å². The van der Waals surface area contributed by atoms with E-state index in [0.29, 0.717) is 19.6 Å². The molecule has 1 rings (SSSR count). The van der Waals surface area contributed by atoms with E-state index in [4.69, 9.17) is 10.5 Å². The molecule has 0 aromatic heterocycles. The van der Waals surface area contributed by atoms with Crippen molar-refractivity contribution in [3.05, 3.63) is 28.2 Å². The van der Waals surface area contributed by atoms with Gasteiger partial charge >= 0.3 is 0 Å². The van der Waals surface area contributed by atoms with Gasteiger partial charge in [0.1, 0.15) is 5.75 Å². The summed E-state index contributed by atoms with van der Waals surface area (Å²) in [5, 5.41) is 2.73. The average Bonchev–Trinajstić information content (AvgIpc) is 2.29. The van der Waals surface area contributed by atoms with E-state index in [2.05, 4.69) is 21.2 Å². The summed E-state index contributed by atoms with van der Waals surface area (Å²) in [4.78, 5) is 11.3. The fraction of sp³-hybridized carbons (Fsp3) is 0.462. The van der Waals surface area contributed by atoms with Crippen LogP contribution in [-0.4, -0.2) is 19.1 Å². The maximum Gasteiger partial charge on any atom is 0.223 e. The van der Waals surface area contributed by atoms with Gasteiger partial charge in [0.25, 0.3) is 0 Å². The number of carbonyl (C=O) groups is 1. The lowest BCUT2D eigenvalue weighted by molar-refractivity contribution is -0.121. The van der Waals surface area contributed by atoms with Crippen molar-refractivity contribution in [3.8, 4) is 5.75 Å². The van der Waals surface area contributed by atoms with Crippen LogP contribution in [0, 0.1) is 0 Å². The Hall–Kier alpha value is -1.07. The van der Waals surface area contributed by atoms with E-state index < -0.39 is 0 Å². The molecule has 1 aromatic carbocycles. The second kappa shape index (κ2) is 7.38. The molecule has 0 aliphatic heterocycles. The third kappa shape index (κ3) is 4.66. The molecule has 1 aromatic rings. The summed E-state index contributed by atoms with van der Waals surface area (Å²) < 4.78 is 6.56. The molecule has 0 aliphatic rings. The lowest BCUT2D eigenvalue weighted by Gasteiger charge is -2.14. The fourth-order valence-electron chi connectivity index (χ4n) is 1.55. The number of nitrogens with two attached hydrogens (primary N) is 1. The first-order valence-corrected chi connectivity index (χ1v) is 6.78. The number of ether oxygens (including phenoxy) is 1. The second-order valence-corrected chi connectivity index (χ2v) is 4.94. The van der Waals surface area contributed by atoms with E-state index in [1.54, 1.807) is 0 Å². The smallest absolute Gasteiger partial charge is 0.223 e. The molecular weight excluding hydrogens is 296 g/mol. The lowest BCUT2D eigenvalue weighted by Crippen LogP contribution is -2.24. The average molecular weight is 315 g/mol. The maximum atomic E-state index is 11.3. The van der Waals surface area contributed by atoms with Crippen LogP contribution in [0.4, 0.5) is 0 Å². The number of nitrogens with one attached hydrogen (secondary N) is 1. The van der Waals surface area contributed by atoms with Crippen LogP contribution in [0.1, 0.15) is 31.9 Å². The zero-order valence-corrected chi connectivity index (χ0v) is 12.3. The van der Waals surface area contributed by atoms with Gasteiger partial charge in [-0.15, -0.1) is 0 Å². The summed E-state index contributed by atoms with van der Waals surface area (Å²) in [6.45, 7) is 4.78. The van der Waals surface area contributed by atoms with E-state index >= 15 is 0 Å². The van der Waals surface area contributed by atoms with Crippen molar-refractivity contribution in [2.24, 2.45) is 5.73 Å². The zero-order valence-electron chi connectivity index (χ0n) is 10.7. The highest BCUT2D eigenvalue weighted by molar-refractivity contribution is 9.10. The van der Waals surface area contributed by atoms with E-state index in [-0.39, 0.29) is 11.9 Å². The Morgan fingerprint density at radius 1 is 1.56 bits per heavy atom. The highest BCUT2D eigenvalue weighted by Crippen LogP contribution is 2.27. The number of carbonyl (C=O) groups excluding carboxylic acids is 1. The minimum atomic E-state index is -0.0995. The van der Waals surface area contributed by atoms with Crippen LogP contribution in [0.15, 0.2) is 22.7 Å². The molecule has 1 atom stereocenters. The number of hydrogen-bond acceptors (Lipinski definition) is 3. The minimum absolute atomic E-state index is 0.00477. The third-order valence-electron chi connectivity index (χ3n) is 2.43. The van der Waals surface area contributed by atoms with Crippen molar-refractivity contribution < 1.29 is 9.53 Å². The first-order valence-electron chi connectivity index (χ1n) is 5.99. The quantitative estimate of drug-likeness (QED) is 0.847. The molecule has 0 radical (unpaired) electrons. The summed E-state index contributed by atoms with van der Waals surface area (Å²) in [6.07, 6.45) is 0.346. The summed E-state index contributed by atoms with van der Waals surface area (Å²) in [5.74, 6) is 0.721. The predicted molar refractivity (Wildman–Crippen MR) is 75.5 cm³/mol. The Bertz CT molecular complexity index is 408. The molecule has 0 unspecified atom stereocenters. The summed E-state index contributed by atoms with van der Waals surface area (Å²) in [5.41, 5.74) is 6.81. The summed E-state index contributed by atoms with van der Waals surface area (Å²) in [7, 11) is 0. The van der Waals surface area contributed by atoms with Crippen molar-refractivity contribution in [2.75, 3.05) is 13.2 Å². The van der Waals surface area contributed by atoms with Crippen LogP contribution in [0.25, 0.3) is 0 Å². The normalized spacial score (nSPS) is 12.0. The number of hydrogen-bond donors (Lipinski definition) is 2. The van der Waals surface area contributed by atoms with Crippen LogP contribution in [0.3, 0.4) is 0 Å². The lowest BCUT2D eigenvalue weighted by atomic mass is 10.1. The van der Waals surface area contributed by atoms with Crippen molar-refractivity contribution in [1.29, 1.82) is 0 Å². The van der Waals surface area contributed by atoms with Gasteiger partial charge in [0.15, 0.2) is 0 Å². The Morgan fingerprint density at radius 2 is 2.28 bits per heavy atom. The van der Waals surface area contributed by atoms with Crippen LogP contribution < -0.4 is 15.8 Å².